The molecule has 0 aliphatic carbocycles. The summed E-state index contributed by atoms with van der Waals surface area (Å²) in [6.07, 6.45) is 0. The monoisotopic (exact) mass is 447 g/mol. The summed E-state index contributed by atoms with van der Waals surface area (Å²) in [4.78, 5) is 23.8. The van der Waals surface area contributed by atoms with Crippen molar-refractivity contribution in [2.24, 2.45) is 0 Å². The van der Waals surface area contributed by atoms with Crippen LogP contribution in [0.5, 0.6) is 5.75 Å². The molecule has 1 aromatic heterocycles. The molecule has 1 amide bonds. The zero-order chi connectivity index (χ0) is 21.8. The third-order valence-electron chi connectivity index (χ3n) is 4.25. The Morgan fingerprint density at radius 2 is 1.97 bits per heavy atom. The average Bonchev–Trinajstić information content (AvgIpc) is 3.17. The van der Waals surface area contributed by atoms with Crippen LogP contribution in [0.25, 0.3) is 5.69 Å². The van der Waals surface area contributed by atoms with E-state index in [0.717, 1.165) is 28.6 Å². The maximum atomic E-state index is 12.4. The molecule has 3 rings (SSSR count). The number of aromatic nitrogens is 4. The van der Waals surface area contributed by atoms with Gasteiger partial charge in [0.25, 0.3) is 0 Å². The number of nitrogens with zero attached hydrogens (tertiary/aromatic N) is 4. The number of aromatic carboxylic acids is 1. The van der Waals surface area contributed by atoms with Crippen LogP contribution in [0, 0.1) is 13.8 Å². The van der Waals surface area contributed by atoms with Gasteiger partial charge in [-0.3, -0.25) is 4.79 Å². The molecule has 11 heteroatoms. The number of benzene rings is 2. The molecule has 0 aliphatic rings. The lowest BCUT2D eigenvalue weighted by Gasteiger charge is -2.12. The van der Waals surface area contributed by atoms with Gasteiger partial charge in [0, 0.05) is 11.8 Å². The van der Waals surface area contributed by atoms with Gasteiger partial charge in [-0.25, -0.2) is 4.79 Å². The predicted octanol–water partition coefficient (Wildman–Crippen LogP) is 3.37. The molecule has 0 saturated heterocycles. The van der Waals surface area contributed by atoms with E-state index in [0.29, 0.717) is 10.8 Å². The summed E-state index contributed by atoms with van der Waals surface area (Å²) in [5.41, 5.74) is 2.97. The number of tetrazole rings is 1. The van der Waals surface area contributed by atoms with E-state index in [1.54, 1.807) is 0 Å². The van der Waals surface area contributed by atoms with Crippen molar-refractivity contribution in [3.63, 3.8) is 0 Å². The van der Waals surface area contributed by atoms with Crippen LogP contribution in [0.2, 0.25) is 5.02 Å². The normalized spacial score (nSPS) is 10.7. The smallest absolute Gasteiger partial charge is 0.339 e. The number of nitrogens with one attached hydrogen (secondary N) is 1. The Labute approximate surface area is 181 Å². The third-order valence-corrected chi connectivity index (χ3v) is 5.47. The minimum atomic E-state index is -1.17. The number of anilines is 1. The molecule has 0 fully saturated rings. The van der Waals surface area contributed by atoms with Gasteiger partial charge in [0.2, 0.25) is 11.1 Å². The maximum Gasteiger partial charge on any atom is 0.339 e. The highest BCUT2D eigenvalue weighted by Crippen LogP contribution is 2.31. The molecule has 3 aromatic rings. The van der Waals surface area contributed by atoms with Crippen molar-refractivity contribution >= 4 is 40.9 Å². The molecule has 2 N–H and O–H groups in total. The highest BCUT2D eigenvalue weighted by atomic mass is 35.5. The molecular formula is C19H18ClN5O4S. The molecule has 0 aliphatic heterocycles. The van der Waals surface area contributed by atoms with Crippen LogP contribution in [-0.2, 0) is 4.79 Å². The zero-order valence-corrected chi connectivity index (χ0v) is 17.9. The summed E-state index contributed by atoms with van der Waals surface area (Å²) in [6.45, 7) is 3.85. The topological polar surface area (TPSA) is 119 Å². The molecule has 0 unspecified atom stereocenters. The first-order chi connectivity index (χ1) is 14.3. The second-order valence-corrected chi connectivity index (χ2v) is 7.64. The summed E-state index contributed by atoms with van der Waals surface area (Å²) >= 11 is 7.37. The molecule has 30 heavy (non-hydrogen) atoms. The number of rotatable bonds is 7. The minimum absolute atomic E-state index is 0.0656. The third kappa shape index (κ3) is 4.55. The summed E-state index contributed by atoms with van der Waals surface area (Å²) < 4.78 is 6.46. The summed E-state index contributed by atoms with van der Waals surface area (Å²) in [5.74, 6) is -1.21. The van der Waals surface area contributed by atoms with Crippen molar-refractivity contribution in [1.82, 2.24) is 20.2 Å². The Morgan fingerprint density at radius 3 is 2.60 bits per heavy atom. The lowest BCUT2D eigenvalue weighted by Crippen LogP contribution is -2.16. The number of ether oxygens (including phenoxy) is 1. The van der Waals surface area contributed by atoms with E-state index in [2.05, 4.69) is 20.8 Å². The lowest BCUT2D eigenvalue weighted by atomic mass is 10.1. The van der Waals surface area contributed by atoms with Gasteiger partial charge in [-0.1, -0.05) is 41.6 Å². The average molecular weight is 448 g/mol. The van der Waals surface area contributed by atoms with Crippen LogP contribution in [0.4, 0.5) is 5.69 Å². The number of amides is 1. The fourth-order valence-electron chi connectivity index (χ4n) is 2.78. The number of hydrogen-bond donors (Lipinski definition) is 2. The number of thioether (sulfide) groups is 1. The molecule has 9 nitrogen and oxygen atoms in total. The van der Waals surface area contributed by atoms with E-state index in [9.17, 15) is 14.7 Å². The second-order valence-electron chi connectivity index (χ2n) is 6.29. The van der Waals surface area contributed by atoms with Crippen molar-refractivity contribution in [3.8, 4) is 11.4 Å². The van der Waals surface area contributed by atoms with E-state index in [1.807, 2.05) is 32.0 Å². The van der Waals surface area contributed by atoms with Crippen LogP contribution in [0.3, 0.4) is 0 Å². The molecular weight excluding hydrogens is 430 g/mol. The Morgan fingerprint density at radius 1 is 1.27 bits per heavy atom. The van der Waals surface area contributed by atoms with Crippen LogP contribution >= 0.6 is 23.4 Å². The predicted molar refractivity (Wildman–Crippen MR) is 113 cm³/mol. The Hall–Kier alpha value is -3.11. The highest BCUT2D eigenvalue weighted by Gasteiger charge is 2.20. The van der Waals surface area contributed by atoms with Gasteiger partial charge in [-0.2, -0.15) is 4.68 Å². The number of aryl methyl sites for hydroxylation is 2. The first kappa shape index (κ1) is 21.6. The lowest BCUT2D eigenvalue weighted by molar-refractivity contribution is -0.113. The van der Waals surface area contributed by atoms with Gasteiger partial charge < -0.3 is 15.2 Å². The number of carbonyl (C=O) groups excluding carboxylic acids is 1. The number of carboxylic acid groups (broad SMARTS) is 1. The van der Waals surface area contributed by atoms with Gasteiger partial charge in [-0.15, -0.1) is 5.10 Å². The fraction of sp³-hybridized carbons (Fsp3) is 0.211. The largest absolute Gasteiger partial charge is 0.496 e. The first-order valence-electron chi connectivity index (χ1n) is 8.70. The SMILES string of the molecule is COc1cc(-n2nnnc2SCC(=O)Nc2c(C)cccc2C)c(Cl)cc1C(=O)O. The van der Waals surface area contributed by atoms with E-state index < -0.39 is 5.97 Å². The molecule has 0 atom stereocenters. The molecule has 0 radical (unpaired) electrons. The van der Waals surface area contributed by atoms with Crippen molar-refractivity contribution in [1.29, 1.82) is 0 Å². The number of halogens is 1. The number of methoxy groups -OCH3 is 1. The zero-order valence-electron chi connectivity index (χ0n) is 16.3. The number of carbonyl (C=O) groups is 2. The molecule has 0 spiro atoms. The number of carboxylic acids is 1. The van der Waals surface area contributed by atoms with Crippen molar-refractivity contribution in [2.75, 3.05) is 18.2 Å². The molecule has 2 aromatic carbocycles. The standard InChI is InChI=1S/C19H18ClN5O4S/c1-10-5-4-6-11(2)17(10)21-16(26)9-30-19-22-23-24-25(19)14-8-15(29-3)12(18(27)28)7-13(14)20/h4-8H,9H2,1-3H3,(H,21,26)(H,27,28). The van der Waals surface area contributed by atoms with Gasteiger partial charge in [0.1, 0.15) is 11.3 Å². The Balaban J connectivity index is 1.79. The van der Waals surface area contributed by atoms with Crippen LogP contribution in [-0.4, -0.2) is 50.1 Å². The van der Waals surface area contributed by atoms with Gasteiger partial charge in [0.15, 0.2) is 0 Å². The van der Waals surface area contributed by atoms with Gasteiger partial charge in [-0.05, 0) is 41.5 Å². The van der Waals surface area contributed by atoms with Crippen molar-refractivity contribution < 1.29 is 19.4 Å². The van der Waals surface area contributed by atoms with Crippen LogP contribution < -0.4 is 10.1 Å². The summed E-state index contributed by atoms with van der Waals surface area (Å²) in [7, 11) is 1.35. The van der Waals surface area contributed by atoms with E-state index in [-0.39, 0.29) is 28.0 Å². The van der Waals surface area contributed by atoms with E-state index in [4.69, 9.17) is 16.3 Å². The van der Waals surface area contributed by atoms with E-state index in [1.165, 1.54) is 23.9 Å². The van der Waals surface area contributed by atoms with E-state index >= 15 is 0 Å². The summed E-state index contributed by atoms with van der Waals surface area (Å²) in [5, 5.41) is 24.1. The summed E-state index contributed by atoms with van der Waals surface area (Å²) in [6, 6.07) is 8.47. The van der Waals surface area contributed by atoms with Crippen molar-refractivity contribution in [3.05, 3.63) is 52.0 Å². The molecule has 0 bridgehead atoms. The van der Waals surface area contributed by atoms with Crippen LogP contribution in [0.1, 0.15) is 21.5 Å². The van der Waals surface area contributed by atoms with Crippen LogP contribution in [0.15, 0.2) is 35.5 Å². The maximum absolute atomic E-state index is 12.4. The Bertz CT molecular complexity index is 1100. The molecule has 1 heterocycles. The molecule has 0 saturated carbocycles. The van der Waals surface area contributed by atoms with Gasteiger partial charge in [0.05, 0.1) is 23.6 Å². The second kappa shape index (κ2) is 9.14. The van der Waals surface area contributed by atoms with Gasteiger partial charge >= 0.3 is 5.97 Å². The fourth-order valence-corrected chi connectivity index (χ4v) is 3.71. The number of para-hydroxylation sites is 1. The molecule has 156 valence electrons. The minimum Gasteiger partial charge on any atom is -0.496 e. The first-order valence-corrected chi connectivity index (χ1v) is 10.1. The highest BCUT2D eigenvalue weighted by molar-refractivity contribution is 7.99. The Kier molecular flexibility index (Phi) is 6.58. The quantitative estimate of drug-likeness (QED) is 0.529. The van der Waals surface area contributed by atoms with Crippen molar-refractivity contribution in [2.45, 2.75) is 19.0 Å². The number of hydrogen-bond acceptors (Lipinski definition) is 7.